The molecule has 1 fully saturated rings. The van der Waals surface area contributed by atoms with Gasteiger partial charge in [-0.1, -0.05) is 6.07 Å². The van der Waals surface area contributed by atoms with Crippen LogP contribution in [0.2, 0.25) is 0 Å². The van der Waals surface area contributed by atoms with Crippen molar-refractivity contribution in [1.82, 2.24) is 14.3 Å². The smallest absolute Gasteiger partial charge is 0.272 e. The normalized spacial score (nSPS) is 16.0. The Morgan fingerprint density at radius 1 is 1.21 bits per heavy atom. The molecule has 100 valence electrons. The van der Waals surface area contributed by atoms with Crippen molar-refractivity contribution >= 4 is 11.6 Å². The van der Waals surface area contributed by atoms with Gasteiger partial charge in [0.05, 0.1) is 5.69 Å². The van der Waals surface area contributed by atoms with Crippen LogP contribution in [0.25, 0.3) is 5.65 Å². The maximum absolute atomic E-state index is 12.7. The Labute approximate surface area is 113 Å². The minimum absolute atomic E-state index is 0.121. The van der Waals surface area contributed by atoms with E-state index in [0.29, 0.717) is 0 Å². The number of aromatic nitrogens is 2. The van der Waals surface area contributed by atoms with Crippen LogP contribution in [-0.4, -0.2) is 33.3 Å². The second-order valence-corrected chi connectivity index (χ2v) is 5.28. The number of aryl methyl sites for hydroxylation is 2. The van der Waals surface area contributed by atoms with Crippen LogP contribution in [0.1, 0.15) is 41.0 Å². The van der Waals surface area contributed by atoms with Gasteiger partial charge in [-0.2, -0.15) is 0 Å². The lowest BCUT2D eigenvalue weighted by Crippen LogP contribution is -2.36. The maximum atomic E-state index is 12.7. The molecule has 0 saturated carbocycles. The van der Waals surface area contributed by atoms with E-state index in [4.69, 9.17) is 0 Å². The van der Waals surface area contributed by atoms with E-state index < -0.39 is 0 Å². The molecule has 4 nitrogen and oxygen atoms in total. The van der Waals surface area contributed by atoms with Gasteiger partial charge in [-0.25, -0.2) is 4.98 Å². The first-order valence-corrected chi connectivity index (χ1v) is 6.92. The van der Waals surface area contributed by atoms with E-state index in [1.54, 1.807) is 0 Å². The second kappa shape index (κ2) is 4.68. The first-order chi connectivity index (χ1) is 9.18. The van der Waals surface area contributed by atoms with Gasteiger partial charge in [0.2, 0.25) is 0 Å². The van der Waals surface area contributed by atoms with Crippen LogP contribution in [0.3, 0.4) is 0 Å². The van der Waals surface area contributed by atoms with Gasteiger partial charge in [0.25, 0.3) is 5.91 Å². The summed E-state index contributed by atoms with van der Waals surface area (Å²) in [5.74, 6) is 0.121. The number of hydrogen-bond acceptors (Lipinski definition) is 2. The number of carbonyl (C=O) groups is 1. The van der Waals surface area contributed by atoms with Crippen LogP contribution in [0.15, 0.2) is 18.3 Å². The molecule has 0 atom stereocenters. The zero-order valence-corrected chi connectivity index (χ0v) is 11.5. The highest BCUT2D eigenvalue weighted by Gasteiger charge is 2.23. The second-order valence-electron chi connectivity index (χ2n) is 5.28. The number of nitrogens with zero attached hydrogens (tertiary/aromatic N) is 3. The molecule has 19 heavy (non-hydrogen) atoms. The fourth-order valence-corrected chi connectivity index (χ4v) is 2.82. The summed E-state index contributed by atoms with van der Waals surface area (Å²) in [4.78, 5) is 19.2. The Hall–Kier alpha value is -1.84. The SMILES string of the molecule is Cc1nc2c(C)cccn2c1C(=O)N1CCCCC1. The van der Waals surface area contributed by atoms with Crippen molar-refractivity contribution in [2.75, 3.05) is 13.1 Å². The summed E-state index contributed by atoms with van der Waals surface area (Å²) in [7, 11) is 0. The van der Waals surface area contributed by atoms with E-state index in [0.717, 1.165) is 48.5 Å². The minimum atomic E-state index is 0.121. The summed E-state index contributed by atoms with van der Waals surface area (Å²) < 4.78 is 1.93. The topological polar surface area (TPSA) is 37.6 Å². The molecule has 0 bridgehead atoms. The van der Waals surface area contributed by atoms with Crippen LogP contribution in [-0.2, 0) is 0 Å². The van der Waals surface area contributed by atoms with Crippen LogP contribution in [0.4, 0.5) is 0 Å². The summed E-state index contributed by atoms with van der Waals surface area (Å²) in [5, 5.41) is 0. The fourth-order valence-electron chi connectivity index (χ4n) is 2.82. The number of likely N-dealkylation sites (tertiary alicyclic amines) is 1. The van der Waals surface area contributed by atoms with Crippen LogP contribution >= 0.6 is 0 Å². The molecule has 3 heterocycles. The van der Waals surface area contributed by atoms with Crippen molar-refractivity contribution in [3.05, 3.63) is 35.3 Å². The first-order valence-electron chi connectivity index (χ1n) is 6.92. The van der Waals surface area contributed by atoms with E-state index in [-0.39, 0.29) is 5.91 Å². The largest absolute Gasteiger partial charge is 0.337 e. The number of amides is 1. The van der Waals surface area contributed by atoms with Crippen molar-refractivity contribution in [2.24, 2.45) is 0 Å². The molecule has 2 aromatic rings. The van der Waals surface area contributed by atoms with Crippen molar-refractivity contribution < 1.29 is 4.79 Å². The van der Waals surface area contributed by atoms with Gasteiger partial charge < -0.3 is 4.90 Å². The average molecular weight is 257 g/mol. The van der Waals surface area contributed by atoms with Gasteiger partial charge >= 0.3 is 0 Å². The number of hydrogen-bond donors (Lipinski definition) is 0. The van der Waals surface area contributed by atoms with Gasteiger partial charge in [0.15, 0.2) is 0 Å². The highest BCUT2D eigenvalue weighted by Crippen LogP contribution is 2.19. The fraction of sp³-hybridized carbons (Fsp3) is 0.467. The highest BCUT2D eigenvalue weighted by molar-refractivity contribution is 5.94. The van der Waals surface area contributed by atoms with Gasteiger partial charge in [-0.3, -0.25) is 9.20 Å². The van der Waals surface area contributed by atoms with E-state index in [9.17, 15) is 4.79 Å². The molecule has 1 aliphatic rings. The number of piperidine rings is 1. The molecular weight excluding hydrogens is 238 g/mol. The third-order valence-corrected chi connectivity index (χ3v) is 3.87. The third kappa shape index (κ3) is 2.01. The quantitative estimate of drug-likeness (QED) is 0.787. The number of imidazole rings is 1. The third-order valence-electron chi connectivity index (χ3n) is 3.87. The average Bonchev–Trinajstić information content (AvgIpc) is 2.77. The lowest BCUT2D eigenvalue weighted by atomic mass is 10.1. The molecule has 3 rings (SSSR count). The highest BCUT2D eigenvalue weighted by atomic mass is 16.2. The molecule has 1 saturated heterocycles. The van der Waals surface area contributed by atoms with Gasteiger partial charge in [-0.05, 0) is 44.7 Å². The van der Waals surface area contributed by atoms with Crippen LogP contribution < -0.4 is 0 Å². The van der Waals surface area contributed by atoms with Gasteiger partial charge in [0, 0.05) is 19.3 Å². The van der Waals surface area contributed by atoms with E-state index in [2.05, 4.69) is 4.98 Å². The van der Waals surface area contributed by atoms with Crippen LogP contribution in [0.5, 0.6) is 0 Å². The lowest BCUT2D eigenvalue weighted by Gasteiger charge is -2.26. The summed E-state index contributed by atoms with van der Waals surface area (Å²) in [6, 6.07) is 3.99. The lowest BCUT2D eigenvalue weighted by molar-refractivity contribution is 0.0716. The summed E-state index contributed by atoms with van der Waals surface area (Å²) >= 11 is 0. The standard InChI is InChI=1S/C15H19N3O/c1-11-7-6-10-18-13(12(2)16-14(11)18)15(19)17-8-4-3-5-9-17/h6-7,10H,3-5,8-9H2,1-2H3. The van der Waals surface area contributed by atoms with E-state index >= 15 is 0 Å². The molecule has 0 N–H and O–H groups in total. The van der Waals surface area contributed by atoms with Gasteiger partial charge in [-0.15, -0.1) is 0 Å². The maximum Gasteiger partial charge on any atom is 0.272 e. The Morgan fingerprint density at radius 3 is 2.68 bits per heavy atom. The minimum Gasteiger partial charge on any atom is -0.337 e. The molecule has 1 aliphatic heterocycles. The van der Waals surface area contributed by atoms with Crippen molar-refractivity contribution in [1.29, 1.82) is 0 Å². The van der Waals surface area contributed by atoms with Crippen LogP contribution in [0, 0.1) is 13.8 Å². The molecular formula is C15H19N3O. The van der Waals surface area contributed by atoms with Crippen molar-refractivity contribution in [3.63, 3.8) is 0 Å². The van der Waals surface area contributed by atoms with E-state index in [1.165, 1.54) is 6.42 Å². The summed E-state index contributed by atoms with van der Waals surface area (Å²) in [6.45, 7) is 5.69. The van der Waals surface area contributed by atoms with Crippen molar-refractivity contribution in [3.8, 4) is 0 Å². The Bertz CT molecular complexity index is 624. The Kier molecular flexibility index (Phi) is 3.01. The predicted molar refractivity (Wildman–Crippen MR) is 74.4 cm³/mol. The molecule has 2 aromatic heterocycles. The molecule has 0 unspecified atom stereocenters. The Balaban J connectivity index is 2.06. The number of pyridine rings is 1. The first kappa shape index (κ1) is 12.2. The van der Waals surface area contributed by atoms with E-state index in [1.807, 2.05) is 41.5 Å². The summed E-state index contributed by atoms with van der Waals surface area (Å²) in [5.41, 5.74) is 3.54. The van der Waals surface area contributed by atoms with Gasteiger partial charge in [0.1, 0.15) is 11.3 Å². The monoisotopic (exact) mass is 257 g/mol. The molecule has 4 heteroatoms. The number of fused-ring (bicyclic) bond motifs is 1. The zero-order valence-electron chi connectivity index (χ0n) is 11.5. The summed E-state index contributed by atoms with van der Waals surface area (Å²) in [6.07, 6.45) is 5.38. The molecule has 0 spiro atoms. The molecule has 0 aromatic carbocycles. The predicted octanol–water partition coefficient (Wildman–Crippen LogP) is 2.58. The molecule has 0 aliphatic carbocycles. The molecule has 1 amide bonds. The van der Waals surface area contributed by atoms with Crippen molar-refractivity contribution in [2.45, 2.75) is 33.1 Å². The molecule has 0 radical (unpaired) electrons. The number of rotatable bonds is 1. The number of carbonyl (C=O) groups excluding carboxylic acids is 1. The Morgan fingerprint density at radius 2 is 1.95 bits per heavy atom. The zero-order chi connectivity index (χ0) is 13.4.